The van der Waals surface area contributed by atoms with Gasteiger partial charge in [0, 0.05) is 9.86 Å². The molecule has 0 atom stereocenters. The predicted octanol–water partition coefficient (Wildman–Crippen LogP) is 3.66. The first-order valence-electron chi connectivity index (χ1n) is 4.18. The minimum absolute atomic E-state index is 0.478. The maximum atomic E-state index is 5.80. The summed E-state index contributed by atoms with van der Waals surface area (Å²) in [6, 6.07) is 3.72. The lowest BCUT2D eigenvalue weighted by molar-refractivity contribution is 1.17. The number of fused-ring (bicyclic) bond motifs is 1. The Kier molecular flexibility index (Phi) is 2.45. The van der Waals surface area contributed by atoms with Crippen molar-refractivity contribution in [3.63, 3.8) is 0 Å². The highest BCUT2D eigenvalue weighted by Crippen LogP contribution is 2.26. The van der Waals surface area contributed by atoms with Gasteiger partial charge in [0.2, 0.25) is 0 Å². The van der Waals surface area contributed by atoms with E-state index in [1.807, 2.05) is 19.9 Å². The molecule has 4 heteroatoms. The third-order valence-electron chi connectivity index (χ3n) is 2.17. The van der Waals surface area contributed by atoms with Gasteiger partial charge in [0.25, 0.3) is 0 Å². The highest BCUT2D eigenvalue weighted by atomic mass is 79.9. The monoisotopic (exact) mass is 270 g/mol. The third kappa shape index (κ3) is 1.51. The maximum Gasteiger partial charge on any atom is 0.161 e. The molecule has 2 heterocycles. The first kappa shape index (κ1) is 9.87. The number of hydrogen-bond donors (Lipinski definition) is 0. The van der Waals surface area contributed by atoms with Crippen molar-refractivity contribution in [3.05, 3.63) is 33.0 Å². The Morgan fingerprint density at radius 3 is 2.64 bits per heavy atom. The average molecular weight is 272 g/mol. The molecule has 0 aliphatic heterocycles. The van der Waals surface area contributed by atoms with E-state index in [0.29, 0.717) is 10.8 Å². The Morgan fingerprint density at radius 2 is 1.93 bits per heavy atom. The molecule has 0 saturated carbocycles. The number of nitrogens with zero attached hydrogens (tertiary/aromatic N) is 2. The second kappa shape index (κ2) is 3.48. The van der Waals surface area contributed by atoms with Crippen LogP contribution in [0, 0.1) is 13.8 Å². The van der Waals surface area contributed by atoms with E-state index < -0.39 is 0 Å². The van der Waals surface area contributed by atoms with Gasteiger partial charge in [0.1, 0.15) is 5.15 Å². The zero-order chi connectivity index (χ0) is 10.3. The maximum absolute atomic E-state index is 5.80. The van der Waals surface area contributed by atoms with Crippen molar-refractivity contribution in [2.45, 2.75) is 13.8 Å². The van der Waals surface area contributed by atoms with Gasteiger partial charge >= 0.3 is 0 Å². The standard InChI is InChI=1S/C10H8BrClN2/c1-5-7-3-4-8(12)14-10(7)13-6(2)9(5)11/h3-4H,1-2H3. The van der Waals surface area contributed by atoms with E-state index >= 15 is 0 Å². The molecular weight excluding hydrogens is 263 g/mol. The minimum atomic E-state index is 0.478. The van der Waals surface area contributed by atoms with E-state index in [2.05, 4.69) is 25.9 Å². The van der Waals surface area contributed by atoms with Crippen molar-refractivity contribution in [1.82, 2.24) is 9.97 Å². The fraction of sp³-hybridized carbons (Fsp3) is 0.200. The topological polar surface area (TPSA) is 25.8 Å². The molecule has 0 amide bonds. The molecule has 0 radical (unpaired) electrons. The predicted molar refractivity (Wildman–Crippen MR) is 61.7 cm³/mol. The number of aromatic nitrogens is 2. The van der Waals surface area contributed by atoms with Gasteiger partial charge in [-0.15, -0.1) is 0 Å². The molecule has 0 saturated heterocycles. The van der Waals surface area contributed by atoms with Crippen LogP contribution in [0.15, 0.2) is 16.6 Å². The van der Waals surface area contributed by atoms with Crippen LogP contribution in [0.5, 0.6) is 0 Å². The molecule has 2 rings (SSSR count). The third-order valence-corrected chi connectivity index (χ3v) is 3.54. The van der Waals surface area contributed by atoms with Crippen LogP contribution in [-0.2, 0) is 0 Å². The van der Waals surface area contributed by atoms with Crippen LogP contribution in [0.2, 0.25) is 5.15 Å². The first-order valence-corrected chi connectivity index (χ1v) is 5.35. The minimum Gasteiger partial charge on any atom is -0.232 e. The van der Waals surface area contributed by atoms with Gasteiger partial charge in [0.05, 0.1) is 5.69 Å². The Hall–Kier alpha value is -0.670. The highest BCUT2D eigenvalue weighted by Gasteiger charge is 2.07. The SMILES string of the molecule is Cc1nc2nc(Cl)ccc2c(C)c1Br. The summed E-state index contributed by atoms with van der Waals surface area (Å²) in [6.45, 7) is 3.98. The highest BCUT2D eigenvalue weighted by molar-refractivity contribution is 9.10. The molecule has 0 aliphatic carbocycles. The molecule has 0 N–H and O–H groups in total. The lowest BCUT2D eigenvalue weighted by atomic mass is 10.1. The Labute approximate surface area is 95.5 Å². The van der Waals surface area contributed by atoms with E-state index in [1.54, 1.807) is 6.07 Å². The second-order valence-electron chi connectivity index (χ2n) is 3.14. The van der Waals surface area contributed by atoms with Gasteiger partial charge in [-0.25, -0.2) is 9.97 Å². The van der Waals surface area contributed by atoms with Gasteiger partial charge in [-0.2, -0.15) is 0 Å². The summed E-state index contributed by atoms with van der Waals surface area (Å²) in [5.41, 5.74) is 2.79. The van der Waals surface area contributed by atoms with Crippen LogP contribution >= 0.6 is 27.5 Å². The summed E-state index contributed by atoms with van der Waals surface area (Å²) in [5, 5.41) is 1.51. The van der Waals surface area contributed by atoms with Crippen molar-refractivity contribution < 1.29 is 0 Å². The van der Waals surface area contributed by atoms with E-state index in [4.69, 9.17) is 11.6 Å². The Morgan fingerprint density at radius 1 is 1.21 bits per heavy atom. The van der Waals surface area contributed by atoms with E-state index in [1.165, 1.54) is 0 Å². The summed E-state index contributed by atoms with van der Waals surface area (Å²) >= 11 is 9.30. The van der Waals surface area contributed by atoms with Crippen molar-refractivity contribution >= 4 is 38.6 Å². The number of aryl methyl sites for hydroxylation is 2. The van der Waals surface area contributed by atoms with Gasteiger partial charge in [-0.05, 0) is 47.5 Å². The quantitative estimate of drug-likeness (QED) is 0.683. The van der Waals surface area contributed by atoms with Crippen LogP contribution in [0.4, 0.5) is 0 Å². The van der Waals surface area contributed by atoms with Gasteiger partial charge in [-0.1, -0.05) is 11.6 Å². The van der Waals surface area contributed by atoms with E-state index in [0.717, 1.165) is 21.1 Å². The zero-order valence-electron chi connectivity index (χ0n) is 7.81. The largest absolute Gasteiger partial charge is 0.232 e. The molecule has 2 aromatic rings. The van der Waals surface area contributed by atoms with Crippen LogP contribution in [-0.4, -0.2) is 9.97 Å². The molecule has 0 fully saturated rings. The Bertz CT molecular complexity index is 511. The normalized spacial score (nSPS) is 10.9. The average Bonchev–Trinajstić information content (AvgIpc) is 2.14. The zero-order valence-corrected chi connectivity index (χ0v) is 10.1. The first-order chi connectivity index (χ1) is 6.59. The Balaban J connectivity index is 2.91. The van der Waals surface area contributed by atoms with E-state index in [9.17, 15) is 0 Å². The van der Waals surface area contributed by atoms with Crippen LogP contribution < -0.4 is 0 Å². The van der Waals surface area contributed by atoms with Crippen LogP contribution in [0.3, 0.4) is 0 Å². The van der Waals surface area contributed by atoms with Gasteiger partial charge in [-0.3, -0.25) is 0 Å². The summed E-state index contributed by atoms with van der Waals surface area (Å²) in [7, 11) is 0. The lowest BCUT2D eigenvalue weighted by Crippen LogP contribution is -1.92. The number of hydrogen-bond acceptors (Lipinski definition) is 2. The van der Waals surface area contributed by atoms with E-state index in [-0.39, 0.29) is 0 Å². The van der Waals surface area contributed by atoms with Crippen molar-refractivity contribution in [2.24, 2.45) is 0 Å². The molecule has 2 aromatic heterocycles. The second-order valence-corrected chi connectivity index (χ2v) is 4.32. The molecule has 0 aromatic carbocycles. The van der Waals surface area contributed by atoms with Crippen molar-refractivity contribution in [3.8, 4) is 0 Å². The smallest absolute Gasteiger partial charge is 0.161 e. The summed E-state index contributed by atoms with van der Waals surface area (Å²) in [5.74, 6) is 0. The fourth-order valence-corrected chi connectivity index (χ4v) is 1.85. The molecule has 0 bridgehead atoms. The summed E-state index contributed by atoms with van der Waals surface area (Å²) < 4.78 is 1.04. The van der Waals surface area contributed by atoms with Crippen molar-refractivity contribution in [1.29, 1.82) is 0 Å². The molecular formula is C10H8BrClN2. The van der Waals surface area contributed by atoms with Crippen molar-refractivity contribution in [2.75, 3.05) is 0 Å². The van der Waals surface area contributed by atoms with Crippen LogP contribution in [0.25, 0.3) is 11.0 Å². The number of halogens is 2. The van der Waals surface area contributed by atoms with Gasteiger partial charge in [0.15, 0.2) is 5.65 Å². The summed E-state index contributed by atoms with van der Waals surface area (Å²) in [6.07, 6.45) is 0. The summed E-state index contributed by atoms with van der Waals surface area (Å²) in [4.78, 5) is 8.53. The fourth-order valence-electron chi connectivity index (χ4n) is 1.40. The number of pyridine rings is 2. The molecule has 72 valence electrons. The van der Waals surface area contributed by atoms with Gasteiger partial charge < -0.3 is 0 Å². The molecule has 2 nitrogen and oxygen atoms in total. The number of rotatable bonds is 0. The molecule has 0 unspecified atom stereocenters. The molecule has 0 spiro atoms. The molecule has 0 aliphatic rings. The molecule has 14 heavy (non-hydrogen) atoms. The van der Waals surface area contributed by atoms with Crippen LogP contribution in [0.1, 0.15) is 11.3 Å². The lowest BCUT2D eigenvalue weighted by Gasteiger charge is -2.06.